The van der Waals surface area contributed by atoms with Crippen LogP contribution in [-0.4, -0.2) is 24.1 Å². The minimum Gasteiger partial charge on any atom is -0.403 e. The van der Waals surface area contributed by atoms with Crippen molar-refractivity contribution in [3.05, 3.63) is 35.9 Å². The summed E-state index contributed by atoms with van der Waals surface area (Å²) in [6, 6.07) is 9.44. The highest BCUT2D eigenvalue weighted by Crippen LogP contribution is 2.38. The summed E-state index contributed by atoms with van der Waals surface area (Å²) in [5.41, 5.74) is 0.167. The third-order valence-electron chi connectivity index (χ3n) is 4.53. The van der Waals surface area contributed by atoms with Gasteiger partial charge in [-0.3, -0.25) is 4.79 Å². The summed E-state index contributed by atoms with van der Waals surface area (Å²) >= 11 is 0. The summed E-state index contributed by atoms with van der Waals surface area (Å²) < 4.78 is 12.0. The maximum Gasteiger partial charge on any atom is 0.458 e. The van der Waals surface area contributed by atoms with E-state index in [2.05, 4.69) is 6.92 Å². The molecule has 0 amide bonds. The molecule has 1 aromatic rings. The van der Waals surface area contributed by atoms with Crippen LogP contribution in [0.5, 0.6) is 0 Å². The fraction of sp³-hybridized carbons (Fsp3) is 0.588. The standard InChI is InChI=1S/C17H25BO3/c1-13(11-15(19)14-9-7-6-8-10-14)12-18-20-16(2,3)17(4,5)21-18/h6-10,13H,11-12H2,1-5H3. The Morgan fingerprint density at radius 2 is 1.62 bits per heavy atom. The van der Waals surface area contributed by atoms with Crippen molar-refractivity contribution in [3.8, 4) is 0 Å². The van der Waals surface area contributed by atoms with Gasteiger partial charge in [0.2, 0.25) is 0 Å². The summed E-state index contributed by atoms with van der Waals surface area (Å²) in [5.74, 6) is 0.409. The van der Waals surface area contributed by atoms with Crippen LogP contribution in [0, 0.1) is 5.92 Å². The van der Waals surface area contributed by atoms with Gasteiger partial charge in [-0.2, -0.15) is 0 Å². The lowest BCUT2D eigenvalue weighted by molar-refractivity contribution is 0.00578. The van der Waals surface area contributed by atoms with E-state index in [9.17, 15) is 4.79 Å². The van der Waals surface area contributed by atoms with Crippen LogP contribution in [0.25, 0.3) is 0 Å². The first-order valence-electron chi connectivity index (χ1n) is 7.65. The molecule has 1 aliphatic heterocycles. The molecule has 0 N–H and O–H groups in total. The highest BCUT2D eigenvalue weighted by molar-refractivity contribution is 6.45. The van der Waals surface area contributed by atoms with Crippen molar-refractivity contribution in [2.24, 2.45) is 5.92 Å². The number of benzene rings is 1. The molecule has 1 saturated heterocycles. The smallest absolute Gasteiger partial charge is 0.403 e. The minimum absolute atomic E-state index is 0.180. The van der Waals surface area contributed by atoms with Crippen molar-refractivity contribution in [3.63, 3.8) is 0 Å². The van der Waals surface area contributed by atoms with Crippen molar-refractivity contribution in [1.29, 1.82) is 0 Å². The molecule has 1 atom stereocenters. The van der Waals surface area contributed by atoms with Crippen LogP contribution in [-0.2, 0) is 9.31 Å². The van der Waals surface area contributed by atoms with Crippen molar-refractivity contribution >= 4 is 12.9 Å². The predicted octanol–water partition coefficient (Wildman–Crippen LogP) is 3.99. The molecule has 2 rings (SSSR count). The van der Waals surface area contributed by atoms with E-state index >= 15 is 0 Å². The third-order valence-corrected chi connectivity index (χ3v) is 4.53. The lowest BCUT2D eigenvalue weighted by Crippen LogP contribution is -2.41. The summed E-state index contributed by atoms with van der Waals surface area (Å²) in [7, 11) is -0.228. The Kier molecular flexibility index (Phi) is 4.59. The van der Waals surface area contributed by atoms with Crippen LogP contribution in [0.2, 0.25) is 6.32 Å². The second-order valence-electron chi connectivity index (χ2n) is 7.02. The zero-order chi connectivity index (χ0) is 15.7. The zero-order valence-corrected chi connectivity index (χ0v) is 13.7. The maximum absolute atomic E-state index is 12.2. The van der Waals surface area contributed by atoms with Crippen LogP contribution in [0.15, 0.2) is 30.3 Å². The average Bonchev–Trinajstić information content (AvgIpc) is 2.57. The first-order chi connectivity index (χ1) is 9.71. The Morgan fingerprint density at radius 3 is 2.14 bits per heavy atom. The van der Waals surface area contributed by atoms with Gasteiger partial charge in [-0.25, -0.2) is 0 Å². The molecule has 0 saturated carbocycles. The Bertz CT molecular complexity index is 480. The first-order valence-corrected chi connectivity index (χ1v) is 7.65. The SMILES string of the molecule is CC(CB1OC(C)(C)C(C)(C)O1)CC(=O)c1ccccc1. The van der Waals surface area contributed by atoms with Gasteiger partial charge >= 0.3 is 7.12 Å². The largest absolute Gasteiger partial charge is 0.458 e. The molecular weight excluding hydrogens is 263 g/mol. The molecular formula is C17H25BO3. The number of hydrogen-bond acceptors (Lipinski definition) is 3. The van der Waals surface area contributed by atoms with E-state index in [4.69, 9.17) is 9.31 Å². The van der Waals surface area contributed by atoms with Crippen LogP contribution >= 0.6 is 0 Å². The van der Waals surface area contributed by atoms with Gasteiger partial charge in [0.15, 0.2) is 5.78 Å². The topological polar surface area (TPSA) is 35.5 Å². The maximum atomic E-state index is 12.2. The molecule has 1 fully saturated rings. The van der Waals surface area contributed by atoms with Crippen LogP contribution < -0.4 is 0 Å². The fourth-order valence-corrected chi connectivity index (χ4v) is 2.53. The second-order valence-corrected chi connectivity index (χ2v) is 7.02. The third kappa shape index (κ3) is 3.75. The van der Waals surface area contributed by atoms with Crippen molar-refractivity contribution < 1.29 is 14.1 Å². The van der Waals surface area contributed by atoms with Gasteiger partial charge in [-0.05, 0) is 39.9 Å². The quantitative estimate of drug-likeness (QED) is 0.607. The number of Topliss-reactive ketones (excluding diaryl/α,β-unsaturated/α-hetero) is 1. The van der Waals surface area contributed by atoms with Gasteiger partial charge in [0.05, 0.1) is 11.2 Å². The van der Waals surface area contributed by atoms with Gasteiger partial charge in [0, 0.05) is 12.0 Å². The van der Waals surface area contributed by atoms with Crippen molar-refractivity contribution in [2.75, 3.05) is 0 Å². The van der Waals surface area contributed by atoms with E-state index in [1.807, 2.05) is 58.0 Å². The molecule has 0 radical (unpaired) electrons. The molecule has 0 spiro atoms. The summed E-state index contributed by atoms with van der Waals surface area (Å²) in [5, 5.41) is 0. The molecule has 21 heavy (non-hydrogen) atoms. The molecule has 1 unspecified atom stereocenters. The monoisotopic (exact) mass is 288 g/mol. The summed E-state index contributed by atoms with van der Waals surface area (Å²) in [6.45, 7) is 10.3. The van der Waals surface area contributed by atoms with Crippen LogP contribution in [0.1, 0.15) is 51.4 Å². The van der Waals surface area contributed by atoms with E-state index < -0.39 is 0 Å². The number of ketones is 1. The summed E-state index contributed by atoms with van der Waals surface area (Å²) in [4.78, 5) is 12.2. The van der Waals surface area contributed by atoms with Crippen LogP contribution in [0.3, 0.4) is 0 Å². The van der Waals surface area contributed by atoms with E-state index in [-0.39, 0.29) is 30.0 Å². The van der Waals surface area contributed by atoms with E-state index in [1.54, 1.807) is 0 Å². The highest BCUT2D eigenvalue weighted by Gasteiger charge is 2.51. The van der Waals surface area contributed by atoms with Gasteiger partial charge < -0.3 is 9.31 Å². The van der Waals surface area contributed by atoms with E-state index in [1.165, 1.54) is 0 Å². The van der Waals surface area contributed by atoms with Gasteiger partial charge in [0.1, 0.15) is 0 Å². The van der Waals surface area contributed by atoms with Crippen molar-refractivity contribution in [2.45, 2.75) is 58.6 Å². The Morgan fingerprint density at radius 1 is 1.10 bits per heavy atom. The second kappa shape index (κ2) is 5.94. The predicted molar refractivity (Wildman–Crippen MR) is 85.4 cm³/mol. The molecule has 0 bridgehead atoms. The lowest BCUT2D eigenvalue weighted by atomic mass is 9.76. The molecule has 0 aliphatic carbocycles. The Labute approximate surface area is 128 Å². The Balaban J connectivity index is 1.89. The van der Waals surface area contributed by atoms with Gasteiger partial charge in [0.25, 0.3) is 0 Å². The zero-order valence-electron chi connectivity index (χ0n) is 13.7. The van der Waals surface area contributed by atoms with Crippen LogP contribution in [0.4, 0.5) is 0 Å². The fourth-order valence-electron chi connectivity index (χ4n) is 2.53. The first kappa shape index (κ1) is 16.2. The molecule has 0 aromatic heterocycles. The molecule has 114 valence electrons. The molecule has 1 aromatic carbocycles. The number of carbonyl (C=O) groups excluding carboxylic acids is 1. The normalized spacial score (nSPS) is 21.3. The molecule has 4 heteroatoms. The van der Waals surface area contributed by atoms with E-state index in [0.717, 1.165) is 11.9 Å². The van der Waals surface area contributed by atoms with E-state index in [0.29, 0.717) is 6.42 Å². The lowest BCUT2D eigenvalue weighted by Gasteiger charge is -2.32. The van der Waals surface area contributed by atoms with Gasteiger partial charge in [-0.1, -0.05) is 37.3 Å². The average molecular weight is 288 g/mol. The number of hydrogen-bond donors (Lipinski definition) is 0. The van der Waals surface area contributed by atoms with Crippen molar-refractivity contribution in [1.82, 2.24) is 0 Å². The van der Waals surface area contributed by atoms with Gasteiger partial charge in [-0.15, -0.1) is 0 Å². The molecule has 1 aliphatic rings. The number of rotatable bonds is 5. The molecule has 3 nitrogen and oxygen atoms in total. The minimum atomic E-state index is -0.305. The summed E-state index contributed by atoms with van der Waals surface area (Å²) in [6.07, 6.45) is 1.26. The number of carbonyl (C=O) groups is 1. The highest BCUT2D eigenvalue weighted by atomic mass is 16.7. The Hall–Kier alpha value is -1.13. The molecule has 1 heterocycles.